The topological polar surface area (TPSA) is 51.7 Å². The molecule has 1 amide bonds. The fraction of sp³-hybridized carbons (Fsp3) is 0.647. The van der Waals surface area contributed by atoms with E-state index in [0.717, 1.165) is 18.5 Å². The number of likely N-dealkylation sites (tertiary alicyclic amines) is 1. The van der Waals surface area contributed by atoms with Gasteiger partial charge in [0, 0.05) is 31.3 Å². The fourth-order valence-corrected chi connectivity index (χ4v) is 2.82. The Bertz CT molecular complexity index is 508. The van der Waals surface area contributed by atoms with Crippen LogP contribution in [0.4, 0.5) is 4.79 Å². The van der Waals surface area contributed by atoms with Crippen LogP contribution in [0.1, 0.15) is 45.6 Å². The lowest BCUT2D eigenvalue weighted by atomic mass is 9.86. The summed E-state index contributed by atoms with van der Waals surface area (Å²) in [5, 5.41) is 0. The molecule has 2 atom stereocenters. The summed E-state index contributed by atoms with van der Waals surface area (Å²) in [6, 6.07) is 3.90. The molecule has 5 nitrogen and oxygen atoms in total. The minimum atomic E-state index is -0.463. The van der Waals surface area contributed by atoms with Crippen molar-refractivity contribution < 1.29 is 14.3 Å². The molecule has 0 unspecified atom stereocenters. The first-order valence-corrected chi connectivity index (χ1v) is 7.76. The second-order valence-corrected chi connectivity index (χ2v) is 7.06. The van der Waals surface area contributed by atoms with Crippen LogP contribution in [0, 0.1) is 5.92 Å². The van der Waals surface area contributed by atoms with Crippen molar-refractivity contribution >= 4 is 6.09 Å². The second kappa shape index (κ2) is 6.55. The van der Waals surface area contributed by atoms with Crippen LogP contribution < -0.4 is 4.74 Å². The molecule has 2 heterocycles. The van der Waals surface area contributed by atoms with E-state index in [0.29, 0.717) is 18.3 Å². The molecule has 1 aliphatic heterocycles. The van der Waals surface area contributed by atoms with Gasteiger partial charge in [-0.05, 0) is 38.7 Å². The first-order chi connectivity index (χ1) is 10.3. The lowest BCUT2D eigenvalue weighted by Crippen LogP contribution is -2.44. The number of nitrogens with zero attached hydrogens (tertiary/aromatic N) is 2. The zero-order valence-electron chi connectivity index (χ0n) is 14.1. The second-order valence-electron chi connectivity index (χ2n) is 7.06. The highest BCUT2D eigenvalue weighted by molar-refractivity contribution is 5.68. The molecule has 2 rings (SSSR count). The molecule has 0 spiro atoms. The van der Waals surface area contributed by atoms with E-state index in [2.05, 4.69) is 11.9 Å². The number of carbonyl (C=O) groups excluding carboxylic acids is 1. The van der Waals surface area contributed by atoms with Crippen LogP contribution in [-0.4, -0.2) is 41.8 Å². The Morgan fingerprint density at radius 3 is 2.59 bits per heavy atom. The Morgan fingerprint density at radius 1 is 1.32 bits per heavy atom. The minimum absolute atomic E-state index is 0.231. The van der Waals surface area contributed by atoms with Crippen LogP contribution in [0.25, 0.3) is 0 Å². The Labute approximate surface area is 132 Å². The predicted octanol–water partition coefficient (Wildman–Crippen LogP) is 3.45. The van der Waals surface area contributed by atoms with E-state index in [1.807, 2.05) is 44.0 Å². The number of aromatic nitrogens is 1. The summed E-state index contributed by atoms with van der Waals surface area (Å²) in [5.74, 6) is 1.33. The largest absolute Gasteiger partial charge is 0.481 e. The van der Waals surface area contributed by atoms with Gasteiger partial charge in [0.2, 0.25) is 5.88 Å². The number of carbonyl (C=O) groups is 1. The first kappa shape index (κ1) is 16.6. The maximum atomic E-state index is 12.3. The summed E-state index contributed by atoms with van der Waals surface area (Å²) >= 11 is 0. The van der Waals surface area contributed by atoms with Crippen LogP contribution in [0.15, 0.2) is 18.3 Å². The summed E-state index contributed by atoms with van der Waals surface area (Å²) < 4.78 is 10.6. The summed E-state index contributed by atoms with van der Waals surface area (Å²) in [5.41, 5.74) is 0.676. The van der Waals surface area contributed by atoms with Gasteiger partial charge >= 0.3 is 6.09 Å². The summed E-state index contributed by atoms with van der Waals surface area (Å²) in [7, 11) is 1.61. The summed E-state index contributed by atoms with van der Waals surface area (Å²) in [6.07, 6.45) is 2.66. The zero-order valence-corrected chi connectivity index (χ0v) is 14.1. The molecule has 0 aromatic carbocycles. The third-order valence-electron chi connectivity index (χ3n) is 3.75. The smallest absolute Gasteiger partial charge is 0.410 e. The molecule has 5 heteroatoms. The maximum Gasteiger partial charge on any atom is 0.410 e. The average Bonchev–Trinajstić information content (AvgIpc) is 2.45. The lowest BCUT2D eigenvalue weighted by molar-refractivity contribution is 0.0151. The van der Waals surface area contributed by atoms with E-state index in [1.54, 1.807) is 7.11 Å². The number of rotatable bonds is 2. The highest BCUT2D eigenvalue weighted by Gasteiger charge is 2.31. The van der Waals surface area contributed by atoms with Crippen molar-refractivity contribution in [1.82, 2.24) is 9.88 Å². The van der Waals surface area contributed by atoms with Gasteiger partial charge in [0.05, 0.1) is 7.11 Å². The highest BCUT2D eigenvalue weighted by atomic mass is 16.6. The van der Waals surface area contributed by atoms with E-state index in [1.165, 1.54) is 0 Å². The molecule has 0 radical (unpaired) electrons. The van der Waals surface area contributed by atoms with E-state index in [-0.39, 0.29) is 12.0 Å². The summed E-state index contributed by atoms with van der Waals surface area (Å²) in [4.78, 5) is 18.4. The molecule has 0 bridgehead atoms. The molecule has 0 N–H and O–H groups in total. The molecular weight excluding hydrogens is 280 g/mol. The van der Waals surface area contributed by atoms with Gasteiger partial charge in [-0.3, -0.25) is 0 Å². The van der Waals surface area contributed by atoms with Gasteiger partial charge in [-0.2, -0.15) is 0 Å². The van der Waals surface area contributed by atoms with E-state index in [9.17, 15) is 4.79 Å². The molecular formula is C17H26N2O3. The lowest BCUT2D eigenvalue weighted by Gasteiger charge is -2.37. The third-order valence-corrected chi connectivity index (χ3v) is 3.75. The molecule has 1 saturated heterocycles. The van der Waals surface area contributed by atoms with Gasteiger partial charge in [-0.15, -0.1) is 0 Å². The van der Waals surface area contributed by atoms with Crippen molar-refractivity contribution in [3.63, 3.8) is 0 Å². The number of pyridine rings is 1. The van der Waals surface area contributed by atoms with Crippen LogP contribution in [0.2, 0.25) is 0 Å². The van der Waals surface area contributed by atoms with Crippen molar-refractivity contribution in [1.29, 1.82) is 0 Å². The molecule has 122 valence electrons. The van der Waals surface area contributed by atoms with Crippen LogP contribution in [0.3, 0.4) is 0 Å². The Hall–Kier alpha value is -1.78. The van der Waals surface area contributed by atoms with Crippen molar-refractivity contribution in [2.75, 3.05) is 20.2 Å². The van der Waals surface area contributed by atoms with Gasteiger partial charge in [-0.25, -0.2) is 9.78 Å². The van der Waals surface area contributed by atoms with Crippen molar-refractivity contribution in [3.05, 3.63) is 23.9 Å². The van der Waals surface area contributed by atoms with Crippen molar-refractivity contribution in [2.45, 2.75) is 45.6 Å². The maximum absolute atomic E-state index is 12.3. The van der Waals surface area contributed by atoms with Gasteiger partial charge in [-0.1, -0.05) is 13.0 Å². The predicted molar refractivity (Wildman–Crippen MR) is 85.1 cm³/mol. The Kier molecular flexibility index (Phi) is 4.94. The number of hydrogen-bond donors (Lipinski definition) is 0. The van der Waals surface area contributed by atoms with Crippen molar-refractivity contribution in [3.8, 4) is 5.88 Å². The van der Waals surface area contributed by atoms with Gasteiger partial charge < -0.3 is 14.4 Å². The van der Waals surface area contributed by atoms with Crippen LogP contribution >= 0.6 is 0 Å². The van der Waals surface area contributed by atoms with Gasteiger partial charge in [0.1, 0.15) is 5.60 Å². The number of ether oxygens (including phenoxy) is 2. The normalized spacial score (nSPS) is 22.3. The molecule has 0 saturated carbocycles. The molecule has 22 heavy (non-hydrogen) atoms. The van der Waals surface area contributed by atoms with E-state index >= 15 is 0 Å². The number of methoxy groups -OCH3 is 1. The fourth-order valence-electron chi connectivity index (χ4n) is 2.82. The number of hydrogen-bond acceptors (Lipinski definition) is 4. The van der Waals surface area contributed by atoms with E-state index in [4.69, 9.17) is 9.47 Å². The Balaban J connectivity index is 2.08. The zero-order chi connectivity index (χ0) is 16.3. The third kappa shape index (κ3) is 4.36. The number of amides is 1. The average molecular weight is 306 g/mol. The standard InChI is InChI=1S/C17H26N2O3/c1-12-8-14(13-6-7-15(21-5)18-9-13)11-19(10-12)16(20)22-17(2,3)4/h6-7,9,12,14H,8,10-11H2,1-5H3/t12-,14-/m0/s1. The van der Waals surface area contributed by atoms with Gasteiger partial charge in [0.25, 0.3) is 0 Å². The van der Waals surface area contributed by atoms with Crippen molar-refractivity contribution in [2.24, 2.45) is 5.92 Å². The highest BCUT2D eigenvalue weighted by Crippen LogP contribution is 2.31. The van der Waals surface area contributed by atoms with Crippen LogP contribution in [0.5, 0.6) is 5.88 Å². The van der Waals surface area contributed by atoms with E-state index < -0.39 is 5.60 Å². The number of piperidine rings is 1. The molecule has 1 aromatic heterocycles. The molecule has 1 fully saturated rings. The van der Waals surface area contributed by atoms with Crippen LogP contribution in [-0.2, 0) is 4.74 Å². The first-order valence-electron chi connectivity index (χ1n) is 7.76. The summed E-state index contributed by atoms with van der Waals surface area (Å²) in [6.45, 7) is 9.26. The molecule has 1 aromatic rings. The molecule has 1 aliphatic rings. The SMILES string of the molecule is COc1ccc([C@H]2C[C@H](C)CN(C(=O)OC(C)(C)C)C2)cn1. The Morgan fingerprint density at radius 2 is 2.05 bits per heavy atom. The van der Waals surface area contributed by atoms with Gasteiger partial charge in [0.15, 0.2) is 0 Å². The quantitative estimate of drug-likeness (QED) is 0.839. The molecule has 0 aliphatic carbocycles. The monoisotopic (exact) mass is 306 g/mol. The minimum Gasteiger partial charge on any atom is -0.481 e.